The fourth-order valence-corrected chi connectivity index (χ4v) is 2.16. The average molecular weight is 223 g/mol. The molecule has 0 radical (unpaired) electrons. The lowest BCUT2D eigenvalue weighted by Crippen LogP contribution is -2.59. The lowest BCUT2D eigenvalue weighted by molar-refractivity contribution is -0.0729. The van der Waals surface area contributed by atoms with Gasteiger partial charge in [-0.15, -0.1) is 0 Å². The Morgan fingerprint density at radius 1 is 1.62 bits per heavy atom. The molecule has 0 aromatic carbocycles. The maximum Gasteiger partial charge on any atom is 0.0621 e. The molecule has 1 heterocycles. The first kappa shape index (κ1) is 11.6. The highest BCUT2D eigenvalue weighted by Crippen LogP contribution is 2.40. The number of rotatable bonds is 4. The molecule has 2 rings (SSSR count). The Morgan fingerprint density at radius 2 is 2.38 bits per heavy atom. The molecule has 1 aliphatic rings. The van der Waals surface area contributed by atoms with Gasteiger partial charge in [-0.25, -0.2) is 0 Å². The average Bonchev–Trinajstić information content (AvgIpc) is 2.71. The minimum absolute atomic E-state index is 0.000745. The summed E-state index contributed by atoms with van der Waals surface area (Å²) in [5.41, 5.74) is 1.21. The van der Waals surface area contributed by atoms with Gasteiger partial charge in [-0.3, -0.25) is 4.68 Å². The van der Waals surface area contributed by atoms with E-state index in [1.165, 1.54) is 5.56 Å². The normalized spacial score (nSPS) is 27.8. The molecule has 16 heavy (non-hydrogen) atoms. The quantitative estimate of drug-likeness (QED) is 0.805. The first-order chi connectivity index (χ1) is 7.54. The third kappa shape index (κ3) is 1.99. The van der Waals surface area contributed by atoms with Gasteiger partial charge in [-0.05, 0) is 13.3 Å². The van der Waals surface area contributed by atoms with Gasteiger partial charge in [0, 0.05) is 36.3 Å². The molecule has 1 saturated carbocycles. The summed E-state index contributed by atoms with van der Waals surface area (Å²) in [6, 6.07) is 0.410. The minimum Gasteiger partial charge on any atom is -0.392 e. The minimum atomic E-state index is -0.164. The Hall–Kier alpha value is -0.870. The maximum absolute atomic E-state index is 9.63. The Labute approximate surface area is 96.7 Å². The molecule has 1 aliphatic carbocycles. The first-order valence-corrected chi connectivity index (χ1v) is 5.96. The molecule has 1 aromatic heterocycles. The molecule has 1 aromatic rings. The summed E-state index contributed by atoms with van der Waals surface area (Å²) in [4.78, 5) is 0. The standard InChI is InChI=1S/C12H21N3O/c1-4-15-8-9(7-14-15)6-13-10-5-11(16)12(10,2)3/h7-8,10-11,13,16H,4-6H2,1-3H3. The van der Waals surface area contributed by atoms with Gasteiger partial charge < -0.3 is 10.4 Å². The highest BCUT2D eigenvalue weighted by Gasteiger charge is 2.46. The van der Waals surface area contributed by atoms with Crippen LogP contribution in [0, 0.1) is 5.41 Å². The predicted octanol–water partition coefficient (Wildman–Crippen LogP) is 1.15. The van der Waals surface area contributed by atoms with E-state index in [-0.39, 0.29) is 11.5 Å². The van der Waals surface area contributed by atoms with Crippen molar-refractivity contribution < 1.29 is 5.11 Å². The number of aliphatic hydroxyl groups is 1. The van der Waals surface area contributed by atoms with Crippen LogP contribution in [0.15, 0.2) is 12.4 Å². The van der Waals surface area contributed by atoms with E-state index in [4.69, 9.17) is 0 Å². The zero-order chi connectivity index (χ0) is 11.8. The summed E-state index contributed by atoms with van der Waals surface area (Å²) in [5.74, 6) is 0. The Balaban J connectivity index is 1.84. The van der Waals surface area contributed by atoms with Gasteiger partial charge >= 0.3 is 0 Å². The molecule has 90 valence electrons. The van der Waals surface area contributed by atoms with E-state index >= 15 is 0 Å². The van der Waals surface area contributed by atoms with Crippen molar-refractivity contribution in [3.05, 3.63) is 18.0 Å². The largest absolute Gasteiger partial charge is 0.392 e. The van der Waals surface area contributed by atoms with Crippen LogP contribution in [0.2, 0.25) is 0 Å². The number of aromatic nitrogens is 2. The number of hydrogen-bond donors (Lipinski definition) is 2. The number of nitrogens with zero attached hydrogens (tertiary/aromatic N) is 2. The molecule has 4 heteroatoms. The summed E-state index contributed by atoms with van der Waals surface area (Å²) in [6.45, 7) is 8.03. The van der Waals surface area contributed by atoms with Gasteiger partial charge in [-0.1, -0.05) is 13.8 Å². The van der Waals surface area contributed by atoms with E-state index in [0.717, 1.165) is 19.5 Å². The van der Waals surface area contributed by atoms with Crippen molar-refractivity contribution in [3.63, 3.8) is 0 Å². The van der Waals surface area contributed by atoms with Crippen LogP contribution in [0.25, 0.3) is 0 Å². The molecular formula is C12H21N3O. The van der Waals surface area contributed by atoms with Crippen molar-refractivity contribution >= 4 is 0 Å². The summed E-state index contributed by atoms with van der Waals surface area (Å²) >= 11 is 0. The maximum atomic E-state index is 9.63. The molecule has 2 N–H and O–H groups in total. The lowest BCUT2D eigenvalue weighted by Gasteiger charge is -2.49. The molecule has 0 amide bonds. The highest BCUT2D eigenvalue weighted by molar-refractivity contribution is 5.07. The Morgan fingerprint density at radius 3 is 2.88 bits per heavy atom. The molecule has 0 aliphatic heterocycles. The summed E-state index contributed by atoms with van der Waals surface area (Å²) in [7, 11) is 0. The van der Waals surface area contributed by atoms with Crippen LogP contribution >= 0.6 is 0 Å². The summed E-state index contributed by atoms with van der Waals surface area (Å²) in [6.07, 6.45) is 4.66. The number of nitrogens with one attached hydrogen (secondary N) is 1. The van der Waals surface area contributed by atoms with Crippen molar-refractivity contribution in [2.75, 3.05) is 0 Å². The van der Waals surface area contributed by atoms with Crippen LogP contribution in [0.3, 0.4) is 0 Å². The third-order valence-corrected chi connectivity index (χ3v) is 3.78. The van der Waals surface area contributed by atoms with Gasteiger partial charge in [0.25, 0.3) is 0 Å². The summed E-state index contributed by atoms with van der Waals surface area (Å²) in [5, 5.41) is 17.3. The van der Waals surface area contributed by atoms with Gasteiger partial charge in [0.1, 0.15) is 0 Å². The lowest BCUT2D eigenvalue weighted by atomic mass is 9.64. The molecule has 0 spiro atoms. The molecule has 0 saturated heterocycles. The monoisotopic (exact) mass is 223 g/mol. The van der Waals surface area contributed by atoms with Crippen molar-refractivity contribution in [1.82, 2.24) is 15.1 Å². The zero-order valence-corrected chi connectivity index (χ0v) is 10.3. The Kier molecular flexibility index (Phi) is 3.04. The van der Waals surface area contributed by atoms with Crippen molar-refractivity contribution in [1.29, 1.82) is 0 Å². The van der Waals surface area contributed by atoms with Crippen molar-refractivity contribution in [2.24, 2.45) is 5.41 Å². The number of aliphatic hydroxyl groups excluding tert-OH is 1. The van der Waals surface area contributed by atoms with Gasteiger partial charge in [0.15, 0.2) is 0 Å². The van der Waals surface area contributed by atoms with E-state index in [0.29, 0.717) is 6.04 Å². The highest BCUT2D eigenvalue weighted by atomic mass is 16.3. The summed E-state index contributed by atoms with van der Waals surface area (Å²) < 4.78 is 1.93. The van der Waals surface area contributed by atoms with Crippen LogP contribution < -0.4 is 5.32 Å². The van der Waals surface area contributed by atoms with Gasteiger partial charge in [-0.2, -0.15) is 5.10 Å². The fraction of sp³-hybridized carbons (Fsp3) is 0.750. The van der Waals surface area contributed by atoms with E-state index in [1.54, 1.807) is 0 Å². The molecule has 1 fully saturated rings. The zero-order valence-electron chi connectivity index (χ0n) is 10.3. The topological polar surface area (TPSA) is 50.1 Å². The predicted molar refractivity (Wildman–Crippen MR) is 62.9 cm³/mol. The molecule has 0 bridgehead atoms. The molecular weight excluding hydrogens is 202 g/mol. The van der Waals surface area contributed by atoms with E-state index in [2.05, 4.69) is 37.4 Å². The number of aryl methyl sites for hydroxylation is 1. The van der Waals surface area contributed by atoms with Gasteiger partial charge in [0.05, 0.1) is 12.3 Å². The SMILES string of the molecule is CCn1cc(CNC2CC(O)C2(C)C)cn1. The van der Waals surface area contributed by atoms with Crippen molar-refractivity contribution in [3.8, 4) is 0 Å². The van der Waals surface area contributed by atoms with E-state index in [9.17, 15) is 5.11 Å². The number of hydrogen-bond acceptors (Lipinski definition) is 3. The second-order valence-electron chi connectivity index (χ2n) is 5.21. The second kappa shape index (κ2) is 4.18. The third-order valence-electron chi connectivity index (χ3n) is 3.78. The smallest absolute Gasteiger partial charge is 0.0621 e. The second-order valence-corrected chi connectivity index (χ2v) is 5.21. The van der Waals surface area contributed by atoms with Crippen LogP contribution in [-0.4, -0.2) is 27.0 Å². The van der Waals surface area contributed by atoms with Crippen LogP contribution in [0.4, 0.5) is 0 Å². The van der Waals surface area contributed by atoms with Crippen LogP contribution in [0.1, 0.15) is 32.8 Å². The van der Waals surface area contributed by atoms with Crippen molar-refractivity contribution in [2.45, 2.75) is 52.4 Å². The molecule has 2 unspecified atom stereocenters. The fourth-order valence-electron chi connectivity index (χ4n) is 2.16. The molecule has 4 nitrogen and oxygen atoms in total. The van der Waals surface area contributed by atoms with E-state index in [1.807, 2.05) is 10.9 Å². The van der Waals surface area contributed by atoms with Gasteiger partial charge in [0.2, 0.25) is 0 Å². The Bertz CT molecular complexity index is 359. The molecule has 2 atom stereocenters. The first-order valence-electron chi connectivity index (χ1n) is 5.96. The van der Waals surface area contributed by atoms with E-state index < -0.39 is 0 Å². The van der Waals surface area contributed by atoms with Crippen LogP contribution in [0.5, 0.6) is 0 Å². The van der Waals surface area contributed by atoms with Crippen LogP contribution in [-0.2, 0) is 13.1 Å².